The van der Waals surface area contributed by atoms with Crippen molar-refractivity contribution in [3.8, 4) is 11.5 Å². The summed E-state index contributed by atoms with van der Waals surface area (Å²) >= 11 is 0. The molecule has 1 unspecified atom stereocenters. The Balaban J connectivity index is 1.98. The fraction of sp³-hybridized carbons (Fsp3) is 0.412. The van der Waals surface area contributed by atoms with E-state index in [1.165, 1.54) is 0 Å². The van der Waals surface area contributed by atoms with Gasteiger partial charge in [-0.05, 0) is 44.0 Å². The summed E-state index contributed by atoms with van der Waals surface area (Å²) in [7, 11) is 0. The maximum Gasteiger partial charge on any atom is 0.161 e. The molecular formula is C17H20O4. The number of rotatable bonds is 2. The van der Waals surface area contributed by atoms with Crippen molar-refractivity contribution in [3.05, 3.63) is 46.4 Å². The smallest absolute Gasteiger partial charge is 0.161 e. The minimum absolute atomic E-state index is 0.634. The zero-order valence-electron chi connectivity index (χ0n) is 12.6. The lowest BCUT2D eigenvalue weighted by atomic mass is 9.98. The third-order valence-electron chi connectivity index (χ3n) is 3.98. The van der Waals surface area contributed by atoms with Gasteiger partial charge < -0.3 is 19.0 Å². The summed E-state index contributed by atoms with van der Waals surface area (Å²) in [5.74, 6) is 3.03. The molecule has 0 aliphatic carbocycles. The number of hydrogen-bond donors (Lipinski definition) is 1. The highest BCUT2D eigenvalue weighted by Crippen LogP contribution is 2.36. The fourth-order valence-corrected chi connectivity index (χ4v) is 2.73. The Morgan fingerprint density at radius 3 is 2.38 bits per heavy atom. The van der Waals surface area contributed by atoms with Gasteiger partial charge in [0.05, 0.1) is 13.2 Å². The quantitative estimate of drug-likeness (QED) is 0.919. The minimum Gasteiger partial charge on any atom is -0.490 e. The first kappa shape index (κ1) is 14.0. The van der Waals surface area contributed by atoms with E-state index in [2.05, 4.69) is 0 Å². The first-order valence-electron chi connectivity index (χ1n) is 7.22. The van der Waals surface area contributed by atoms with Crippen LogP contribution in [0.3, 0.4) is 0 Å². The van der Waals surface area contributed by atoms with Crippen LogP contribution in [0.15, 0.2) is 22.6 Å². The number of fused-ring (bicyclic) bond motifs is 1. The molecule has 0 fully saturated rings. The van der Waals surface area contributed by atoms with E-state index in [1.807, 2.05) is 39.0 Å². The molecule has 112 valence electrons. The second-order valence-corrected chi connectivity index (χ2v) is 5.41. The summed E-state index contributed by atoms with van der Waals surface area (Å²) in [6, 6.07) is 5.59. The van der Waals surface area contributed by atoms with Crippen LogP contribution in [-0.4, -0.2) is 18.3 Å². The monoisotopic (exact) mass is 288 g/mol. The maximum atomic E-state index is 10.7. The molecule has 4 heteroatoms. The highest BCUT2D eigenvalue weighted by Gasteiger charge is 2.22. The highest BCUT2D eigenvalue weighted by molar-refractivity contribution is 5.47. The lowest BCUT2D eigenvalue weighted by molar-refractivity contribution is 0.216. The molecule has 1 N–H and O–H groups in total. The standard InChI is InChI=1S/C17H20O4/c1-10-11(2)21-12(3)16(10)17(18)13-5-6-14-15(9-13)20-8-4-7-19-14/h5-6,9,17-18H,4,7-8H2,1-3H3. The third kappa shape index (κ3) is 2.51. The predicted molar refractivity (Wildman–Crippen MR) is 79.0 cm³/mol. The zero-order valence-corrected chi connectivity index (χ0v) is 12.6. The first-order valence-corrected chi connectivity index (χ1v) is 7.22. The fourth-order valence-electron chi connectivity index (χ4n) is 2.73. The summed E-state index contributed by atoms with van der Waals surface area (Å²) < 4.78 is 16.9. The molecule has 0 radical (unpaired) electrons. The van der Waals surface area contributed by atoms with Gasteiger partial charge >= 0.3 is 0 Å². The Morgan fingerprint density at radius 2 is 1.71 bits per heavy atom. The van der Waals surface area contributed by atoms with Gasteiger partial charge in [-0.25, -0.2) is 0 Å². The van der Waals surface area contributed by atoms with Crippen molar-refractivity contribution >= 4 is 0 Å². The van der Waals surface area contributed by atoms with Gasteiger partial charge in [-0.3, -0.25) is 0 Å². The molecule has 0 saturated carbocycles. The molecule has 3 rings (SSSR count). The first-order chi connectivity index (χ1) is 10.1. The molecule has 2 heterocycles. The zero-order chi connectivity index (χ0) is 15.0. The van der Waals surface area contributed by atoms with Crippen LogP contribution >= 0.6 is 0 Å². The lowest BCUT2D eigenvalue weighted by Crippen LogP contribution is -2.03. The van der Waals surface area contributed by atoms with E-state index in [9.17, 15) is 5.11 Å². The molecule has 1 aliphatic heterocycles. The molecule has 2 aromatic rings. The van der Waals surface area contributed by atoms with Crippen molar-refractivity contribution < 1.29 is 19.0 Å². The number of benzene rings is 1. The molecule has 1 aromatic heterocycles. The normalized spacial score (nSPS) is 15.6. The van der Waals surface area contributed by atoms with Crippen LogP contribution in [0.2, 0.25) is 0 Å². The van der Waals surface area contributed by atoms with Crippen molar-refractivity contribution in [1.29, 1.82) is 0 Å². The number of furan rings is 1. The average molecular weight is 288 g/mol. The number of aryl methyl sites for hydroxylation is 2. The van der Waals surface area contributed by atoms with E-state index in [1.54, 1.807) is 0 Å². The molecule has 0 saturated heterocycles. The highest BCUT2D eigenvalue weighted by atomic mass is 16.5. The van der Waals surface area contributed by atoms with Crippen molar-refractivity contribution in [2.24, 2.45) is 0 Å². The Hall–Kier alpha value is -1.94. The van der Waals surface area contributed by atoms with Crippen LogP contribution in [-0.2, 0) is 0 Å². The summed E-state index contributed by atoms with van der Waals surface area (Å²) in [5, 5.41) is 10.7. The molecule has 4 nitrogen and oxygen atoms in total. The van der Waals surface area contributed by atoms with Crippen LogP contribution in [0, 0.1) is 20.8 Å². The van der Waals surface area contributed by atoms with Crippen molar-refractivity contribution in [1.82, 2.24) is 0 Å². The van der Waals surface area contributed by atoms with E-state index in [0.717, 1.165) is 40.4 Å². The minimum atomic E-state index is -0.723. The molecule has 0 amide bonds. The Labute approximate surface area is 124 Å². The van der Waals surface area contributed by atoms with Gasteiger partial charge in [0.25, 0.3) is 0 Å². The lowest BCUT2D eigenvalue weighted by Gasteiger charge is -2.14. The van der Waals surface area contributed by atoms with Gasteiger partial charge in [0.15, 0.2) is 11.5 Å². The summed E-state index contributed by atoms with van der Waals surface area (Å²) in [5.41, 5.74) is 2.61. The molecular weight excluding hydrogens is 268 g/mol. The number of ether oxygens (including phenoxy) is 2. The third-order valence-corrected chi connectivity index (χ3v) is 3.98. The molecule has 0 bridgehead atoms. The van der Waals surface area contributed by atoms with Gasteiger partial charge in [0, 0.05) is 12.0 Å². The Kier molecular flexibility index (Phi) is 3.64. The summed E-state index contributed by atoms with van der Waals surface area (Å²) in [6.07, 6.45) is 0.144. The molecule has 1 atom stereocenters. The van der Waals surface area contributed by atoms with Crippen molar-refractivity contribution in [2.45, 2.75) is 33.3 Å². The van der Waals surface area contributed by atoms with E-state index >= 15 is 0 Å². The average Bonchev–Trinajstić information content (AvgIpc) is 2.66. The Morgan fingerprint density at radius 1 is 1.00 bits per heavy atom. The topological polar surface area (TPSA) is 51.8 Å². The van der Waals surface area contributed by atoms with Crippen LogP contribution in [0.1, 0.15) is 40.7 Å². The summed E-state index contributed by atoms with van der Waals surface area (Å²) in [6.45, 7) is 7.05. The van der Waals surface area contributed by atoms with Crippen LogP contribution in [0.25, 0.3) is 0 Å². The molecule has 1 aliphatic rings. The van der Waals surface area contributed by atoms with E-state index in [4.69, 9.17) is 13.9 Å². The summed E-state index contributed by atoms with van der Waals surface area (Å²) in [4.78, 5) is 0. The van der Waals surface area contributed by atoms with Crippen LogP contribution in [0.4, 0.5) is 0 Å². The second-order valence-electron chi connectivity index (χ2n) is 5.41. The Bertz CT molecular complexity index is 657. The maximum absolute atomic E-state index is 10.7. The van der Waals surface area contributed by atoms with Crippen molar-refractivity contribution in [2.75, 3.05) is 13.2 Å². The molecule has 1 aromatic carbocycles. The van der Waals surface area contributed by atoms with Gasteiger partial charge in [-0.15, -0.1) is 0 Å². The largest absolute Gasteiger partial charge is 0.490 e. The van der Waals surface area contributed by atoms with Crippen LogP contribution in [0.5, 0.6) is 11.5 Å². The van der Waals surface area contributed by atoms with E-state index in [-0.39, 0.29) is 0 Å². The predicted octanol–water partition coefficient (Wildman–Crippen LogP) is 3.45. The molecule has 0 spiro atoms. The second kappa shape index (κ2) is 5.45. The van der Waals surface area contributed by atoms with Gasteiger partial charge in [0.1, 0.15) is 17.6 Å². The van der Waals surface area contributed by atoms with Gasteiger partial charge in [0.2, 0.25) is 0 Å². The van der Waals surface area contributed by atoms with E-state index in [0.29, 0.717) is 19.0 Å². The number of aliphatic hydroxyl groups is 1. The van der Waals surface area contributed by atoms with Crippen molar-refractivity contribution in [3.63, 3.8) is 0 Å². The SMILES string of the molecule is Cc1oc(C)c(C(O)c2ccc3c(c2)OCCCO3)c1C. The van der Waals surface area contributed by atoms with E-state index < -0.39 is 6.10 Å². The number of aliphatic hydroxyl groups excluding tert-OH is 1. The van der Waals surface area contributed by atoms with Crippen LogP contribution < -0.4 is 9.47 Å². The van der Waals surface area contributed by atoms with Gasteiger partial charge in [-0.1, -0.05) is 6.07 Å². The van der Waals surface area contributed by atoms with Gasteiger partial charge in [-0.2, -0.15) is 0 Å². The molecule has 21 heavy (non-hydrogen) atoms. The number of hydrogen-bond acceptors (Lipinski definition) is 4.